The highest BCUT2D eigenvalue weighted by atomic mass is 19.1. The van der Waals surface area contributed by atoms with Crippen LogP contribution in [0.15, 0.2) is 59.0 Å². The number of furan rings is 1. The molecule has 188 valence electrons. The molecule has 2 aromatic carbocycles. The molecule has 1 N–H and O–H groups in total. The van der Waals surface area contributed by atoms with E-state index in [4.69, 9.17) is 4.42 Å². The Kier molecular flexibility index (Phi) is 6.92. The number of hydrogen-bond acceptors (Lipinski definition) is 5. The minimum Gasteiger partial charge on any atom is -0.464 e. The minimum atomic E-state index is -1.17. The van der Waals surface area contributed by atoms with Crippen LogP contribution in [-0.4, -0.2) is 32.3 Å². The van der Waals surface area contributed by atoms with Crippen molar-refractivity contribution in [3.8, 4) is 0 Å². The molecule has 4 aromatic rings. The number of anilines is 1. The zero-order valence-corrected chi connectivity index (χ0v) is 21.1. The third kappa shape index (κ3) is 5.15. The van der Waals surface area contributed by atoms with Crippen LogP contribution < -0.4 is 10.2 Å². The van der Waals surface area contributed by atoms with E-state index in [1.54, 1.807) is 44.2 Å². The molecular formula is C27H30FN5O3. The molecule has 4 rings (SSSR count). The van der Waals surface area contributed by atoms with E-state index in [0.717, 1.165) is 0 Å². The molecular weight excluding hydrogens is 461 g/mol. The van der Waals surface area contributed by atoms with Gasteiger partial charge in [-0.2, -0.15) is 0 Å². The molecule has 0 saturated carbocycles. The van der Waals surface area contributed by atoms with Gasteiger partial charge in [0.2, 0.25) is 5.91 Å². The maximum absolute atomic E-state index is 14.7. The second kappa shape index (κ2) is 9.93. The second-order valence-electron chi connectivity index (χ2n) is 9.51. The summed E-state index contributed by atoms with van der Waals surface area (Å²) in [5.74, 6) is -0.538. The SMILES string of the molecule is CCC(C)(C)NC(=O)C(c1ccc(C)o1)N(C(=O)Cn1nnc2ccccc21)c1ccc(C)c(F)c1. The predicted molar refractivity (Wildman–Crippen MR) is 135 cm³/mol. The number of amides is 2. The highest BCUT2D eigenvalue weighted by molar-refractivity contribution is 6.01. The Labute approximate surface area is 209 Å². The van der Waals surface area contributed by atoms with Gasteiger partial charge in [0.15, 0.2) is 6.04 Å². The van der Waals surface area contributed by atoms with Gasteiger partial charge >= 0.3 is 0 Å². The summed E-state index contributed by atoms with van der Waals surface area (Å²) in [5.41, 5.74) is 1.43. The van der Waals surface area contributed by atoms with Crippen LogP contribution in [0.5, 0.6) is 0 Å². The number of fused-ring (bicyclic) bond motifs is 1. The Morgan fingerprint density at radius 3 is 2.56 bits per heavy atom. The van der Waals surface area contributed by atoms with E-state index in [1.165, 1.54) is 15.6 Å². The molecule has 2 aromatic heterocycles. The van der Waals surface area contributed by atoms with E-state index in [0.29, 0.717) is 28.8 Å². The number of aryl methyl sites for hydroxylation is 2. The van der Waals surface area contributed by atoms with Gasteiger partial charge in [0.1, 0.15) is 29.4 Å². The first-order valence-corrected chi connectivity index (χ1v) is 11.8. The Morgan fingerprint density at radius 1 is 1.14 bits per heavy atom. The first kappa shape index (κ1) is 25.1. The van der Waals surface area contributed by atoms with Crippen LogP contribution in [0.2, 0.25) is 0 Å². The zero-order chi connectivity index (χ0) is 26.0. The largest absolute Gasteiger partial charge is 0.464 e. The standard InChI is InChI=1S/C27H30FN5O3/c1-6-27(4,5)29-26(35)25(23-14-12-18(3)36-23)33(19-13-11-17(2)20(28)15-19)24(34)16-32-22-10-8-7-9-21(22)30-31-32/h7-15,25H,6,16H2,1-5H3,(H,29,35). The van der Waals surface area contributed by atoms with Crippen LogP contribution >= 0.6 is 0 Å². The van der Waals surface area contributed by atoms with Crippen LogP contribution in [0.4, 0.5) is 10.1 Å². The van der Waals surface area contributed by atoms with Gasteiger partial charge in [-0.15, -0.1) is 5.10 Å². The number of halogens is 1. The molecule has 0 bridgehead atoms. The van der Waals surface area contributed by atoms with Crippen molar-refractivity contribution < 1.29 is 18.4 Å². The first-order chi connectivity index (χ1) is 17.1. The fourth-order valence-electron chi connectivity index (χ4n) is 3.87. The molecule has 0 aliphatic rings. The fourth-order valence-corrected chi connectivity index (χ4v) is 3.87. The normalized spacial score (nSPS) is 12.5. The average molecular weight is 492 g/mol. The summed E-state index contributed by atoms with van der Waals surface area (Å²) >= 11 is 0. The van der Waals surface area contributed by atoms with E-state index in [9.17, 15) is 14.0 Å². The van der Waals surface area contributed by atoms with Crippen molar-refractivity contribution >= 4 is 28.5 Å². The molecule has 1 unspecified atom stereocenters. The summed E-state index contributed by atoms with van der Waals surface area (Å²) in [6.07, 6.45) is 0.667. The lowest BCUT2D eigenvalue weighted by atomic mass is 10.0. The molecule has 0 radical (unpaired) electrons. The molecule has 36 heavy (non-hydrogen) atoms. The van der Waals surface area contributed by atoms with E-state index < -0.39 is 29.2 Å². The second-order valence-corrected chi connectivity index (χ2v) is 9.51. The highest BCUT2D eigenvalue weighted by Crippen LogP contribution is 2.31. The van der Waals surface area contributed by atoms with Gasteiger partial charge in [-0.05, 0) is 76.1 Å². The molecule has 2 heterocycles. The number of carbonyl (C=O) groups excluding carboxylic acids is 2. The van der Waals surface area contributed by atoms with Crippen LogP contribution in [0.3, 0.4) is 0 Å². The van der Waals surface area contributed by atoms with Crippen molar-refractivity contribution in [3.63, 3.8) is 0 Å². The number of rotatable bonds is 8. The molecule has 0 saturated heterocycles. The summed E-state index contributed by atoms with van der Waals surface area (Å²) in [7, 11) is 0. The van der Waals surface area contributed by atoms with Gasteiger partial charge < -0.3 is 9.73 Å². The third-order valence-electron chi connectivity index (χ3n) is 6.29. The van der Waals surface area contributed by atoms with E-state index >= 15 is 0 Å². The monoisotopic (exact) mass is 491 g/mol. The maximum Gasteiger partial charge on any atom is 0.251 e. The van der Waals surface area contributed by atoms with E-state index in [1.807, 2.05) is 39.0 Å². The predicted octanol–water partition coefficient (Wildman–Crippen LogP) is 4.86. The summed E-state index contributed by atoms with van der Waals surface area (Å²) in [4.78, 5) is 28.9. The summed E-state index contributed by atoms with van der Waals surface area (Å²) in [6.45, 7) is 8.94. The van der Waals surface area contributed by atoms with Crippen molar-refractivity contribution in [2.75, 3.05) is 4.90 Å². The Morgan fingerprint density at radius 2 is 1.89 bits per heavy atom. The number of carbonyl (C=O) groups is 2. The number of nitrogens with one attached hydrogen (secondary N) is 1. The summed E-state index contributed by atoms with van der Waals surface area (Å²) in [5, 5.41) is 11.2. The lowest BCUT2D eigenvalue weighted by Gasteiger charge is -2.33. The van der Waals surface area contributed by atoms with Gasteiger partial charge in [0, 0.05) is 11.2 Å². The third-order valence-corrected chi connectivity index (χ3v) is 6.29. The molecule has 8 nitrogen and oxygen atoms in total. The zero-order valence-electron chi connectivity index (χ0n) is 21.1. The molecule has 0 fully saturated rings. The van der Waals surface area contributed by atoms with Crippen molar-refractivity contribution in [3.05, 3.63) is 77.5 Å². The number of aromatic nitrogens is 3. The van der Waals surface area contributed by atoms with Crippen molar-refractivity contribution in [1.29, 1.82) is 0 Å². The topological polar surface area (TPSA) is 93.3 Å². The number of hydrogen-bond donors (Lipinski definition) is 1. The Balaban J connectivity index is 1.82. The number of nitrogens with zero attached hydrogens (tertiary/aromatic N) is 4. The van der Waals surface area contributed by atoms with E-state index in [-0.39, 0.29) is 18.0 Å². The smallest absolute Gasteiger partial charge is 0.251 e. The number of benzene rings is 2. The molecule has 9 heteroatoms. The Bertz CT molecular complexity index is 1410. The van der Waals surface area contributed by atoms with Gasteiger partial charge in [-0.1, -0.05) is 30.3 Å². The molecule has 1 atom stereocenters. The van der Waals surface area contributed by atoms with Gasteiger partial charge in [-0.3, -0.25) is 14.5 Å². The Hall–Kier alpha value is -4.01. The fraction of sp³-hybridized carbons (Fsp3) is 0.333. The van der Waals surface area contributed by atoms with Crippen LogP contribution in [0.25, 0.3) is 11.0 Å². The summed E-state index contributed by atoms with van der Waals surface area (Å²) in [6, 6.07) is 13.9. The first-order valence-electron chi connectivity index (χ1n) is 11.8. The van der Waals surface area contributed by atoms with Crippen molar-refractivity contribution in [1.82, 2.24) is 20.3 Å². The quantitative estimate of drug-likeness (QED) is 0.380. The van der Waals surface area contributed by atoms with Gasteiger partial charge in [-0.25, -0.2) is 9.07 Å². The molecule has 0 aliphatic heterocycles. The molecule has 0 aliphatic carbocycles. The van der Waals surface area contributed by atoms with E-state index in [2.05, 4.69) is 15.6 Å². The maximum atomic E-state index is 14.7. The minimum absolute atomic E-state index is 0.212. The lowest BCUT2D eigenvalue weighted by molar-refractivity contribution is -0.128. The van der Waals surface area contributed by atoms with Crippen molar-refractivity contribution in [2.24, 2.45) is 0 Å². The van der Waals surface area contributed by atoms with Crippen LogP contribution in [-0.2, 0) is 16.1 Å². The van der Waals surface area contributed by atoms with Gasteiger partial charge in [0.25, 0.3) is 5.91 Å². The van der Waals surface area contributed by atoms with Gasteiger partial charge in [0.05, 0.1) is 5.52 Å². The van der Waals surface area contributed by atoms with Crippen LogP contribution in [0, 0.1) is 19.7 Å². The van der Waals surface area contributed by atoms with Crippen molar-refractivity contribution in [2.45, 2.75) is 59.2 Å². The highest BCUT2D eigenvalue weighted by Gasteiger charge is 2.37. The summed E-state index contributed by atoms with van der Waals surface area (Å²) < 4.78 is 22.0. The number of para-hydroxylation sites is 1. The lowest BCUT2D eigenvalue weighted by Crippen LogP contribution is -2.51. The average Bonchev–Trinajstić information content (AvgIpc) is 3.45. The van der Waals surface area contributed by atoms with Crippen LogP contribution in [0.1, 0.15) is 50.3 Å². The molecule has 0 spiro atoms. The molecule has 2 amide bonds.